The molecule has 0 amide bonds. The van der Waals surface area contributed by atoms with Crippen molar-refractivity contribution in [3.63, 3.8) is 0 Å². The monoisotopic (exact) mass is 238 g/mol. The van der Waals surface area contributed by atoms with Crippen LogP contribution in [0, 0.1) is 5.82 Å². The Morgan fingerprint density at radius 2 is 2.12 bits per heavy atom. The second-order valence-corrected chi connectivity index (χ2v) is 4.40. The van der Waals surface area contributed by atoms with Gasteiger partial charge in [-0.05, 0) is 36.6 Å². The van der Waals surface area contributed by atoms with E-state index in [1.54, 1.807) is 7.11 Å². The van der Waals surface area contributed by atoms with Crippen LogP contribution in [-0.2, 0) is 11.3 Å². The summed E-state index contributed by atoms with van der Waals surface area (Å²) >= 11 is 0. The third kappa shape index (κ3) is 2.76. The average Bonchev–Trinajstić information content (AvgIpc) is 2.39. The van der Waals surface area contributed by atoms with E-state index in [1.165, 1.54) is 12.1 Å². The topological polar surface area (TPSA) is 38.5 Å². The van der Waals surface area contributed by atoms with Crippen molar-refractivity contribution in [1.29, 1.82) is 0 Å². The number of nitrogens with two attached hydrogens (primary N) is 1. The zero-order valence-corrected chi connectivity index (χ0v) is 10.2. The van der Waals surface area contributed by atoms with Gasteiger partial charge in [0.1, 0.15) is 5.82 Å². The number of methoxy groups -OCH3 is 1. The first-order valence-electron chi connectivity index (χ1n) is 6.01. The maximum Gasteiger partial charge on any atom is 0.123 e. The van der Waals surface area contributed by atoms with Crippen molar-refractivity contribution in [1.82, 2.24) is 0 Å². The number of hydrogen-bond donors (Lipinski definition) is 1. The fourth-order valence-electron chi connectivity index (χ4n) is 2.36. The Bertz CT molecular complexity index is 376. The summed E-state index contributed by atoms with van der Waals surface area (Å²) in [6.45, 7) is 2.26. The molecular formula is C13H19FN2O. The van der Waals surface area contributed by atoms with Crippen LogP contribution in [0.5, 0.6) is 0 Å². The molecule has 1 aromatic rings. The molecule has 1 aromatic carbocycles. The Hall–Kier alpha value is -1.13. The quantitative estimate of drug-likeness (QED) is 0.874. The molecule has 2 rings (SSSR count). The van der Waals surface area contributed by atoms with Crippen LogP contribution in [0.3, 0.4) is 0 Å². The molecule has 1 heterocycles. The first kappa shape index (κ1) is 12.3. The van der Waals surface area contributed by atoms with Crippen LogP contribution < -0.4 is 10.6 Å². The molecule has 0 aromatic heterocycles. The van der Waals surface area contributed by atoms with Crippen molar-refractivity contribution in [3.05, 3.63) is 29.6 Å². The fraction of sp³-hybridized carbons (Fsp3) is 0.538. The van der Waals surface area contributed by atoms with Gasteiger partial charge < -0.3 is 15.4 Å². The third-order valence-electron chi connectivity index (χ3n) is 3.38. The van der Waals surface area contributed by atoms with Crippen molar-refractivity contribution in [3.8, 4) is 0 Å². The fourth-order valence-corrected chi connectivity index (χ4v) is 2.36. The predicted octanol–water partition coefficient (Wildman–Crippen LogP) is 1.90. The highest BCUT2D eigenvalue weighted by molar-refractivity contribution is 5.54. The summed E-state index contributed by atoms with van der Waals surface area (Å²) in [5.41, 5.74) is 7.60. The van der Waals surface area contributed by atoms with Crippen molar-refractivity contribution in [2.45, 2.75) is 25.5 Å². The Balaban J connectivity index is 2.12. The molecule has 0 spiro atoms. The summed E-state index contributed by atoms with van der Waals surface area (Å²) in [7, 11) is 1.75. The Kier molecular flexibility index (Phi) is 3.97. The van der Waals surface area contributed by atoms with Gasteiger partial charge in [0.05, 0.1) is 6.10 Å². The van der Waals surface area contributed by atoms with Gasteiger partial charge in [-0.1, -0.05) is 0 Å². The largest absolute Gasteiger partial charge is 0.381 e. The number of benzene rings is 1. The lowest BCUT2D eigenvalue weighted by molar-refractivity contribution is 0.0819. The molecular weight excluding hydrogens is 219 g/mol. The predicted molar refractivity (Wildman–Crippen MR) is 66.5 cm³/mol. The van der Waals surface area contributed by atoms with Gasteiger partial charge >= 0.3 is 0 Å². The molecule has 2 N–H and O–H groups in total. The summed E-state index contributed by atoms with van der Waals surface area (Å²) in [6.07, 6.45) is 2.38. The molecule has 0 unspecified atom stereocenters. The van der Waals surface area contributed by atoms with E-state index in [1.807, 2.05) is 6.07 Å². The van der Waals surface area contributed by atoms with Crippen LogP contribution in [0.25, 0.3) is 0 Å². The highest BCUT2D eigenvalue weighted by Crippen LogP contribution is 2.25. The molecule has 0 bridgehead atoms. The zero-order valence-electron chi connectivity index (χ0n) is 10.2. The van der Waals surface area contributed by atoms with Gasteiger partial charge in [-0.15, -0.1) is 0 Å². The lowest BCUT2D eigenvalue weighted by Crippen LogP contribution is -2.37. The second-order valence-electron chi connectivity index (χ2n) is 4.40. The van der Waals surface area contributed by atoms with E-state index in [0.717, 1.165) is 37.2 Å². The van der Waals surface area contributed by atoms with E-state index in [-0.39, 0.29) is 5.82 Å². The number of halogens is 1. The summed E-state index contributed by atoms with van der Waals surface area (Å²) in [5.74, 6) is -0.221. The zero-order chi connectivity index (χ0) is 12.3. The summed E-state index contributed by atoms with van der Waals surface area (Å²) in [6, 6.07) is 4.85. The maximum absolute atomic E-state index is 13.1. The lowest BCUT2D eigenvalue weighted by Gasteiger charge is -2.34. The number of nitrogens with zero attached hydrogens (tertiary/aromatic N) is 1. The van der Waals surface area contributed by atoms with Gasteiger partial charge in [-0.25, -0.2) is 4.39 Å². The van der Waals surface area contributed by atoms with Crippen LogP contribution in [0.1, 0.15) is 18.4 Å². The van der Waals surface area contributed by atoms with Gasteiger partial charge in [-0.2, -0.15) is 0 Å². The molecule has 1 fully saturated rings. The number of rotatable bonds is 3. The normalized spacial score (nSPS) is 17.5. The van der Waals surface area contributed by atoms with Crippen LogP contribution in [0.15, 0.2) is 18.2 Å². The van der Waals surface area contributed by atoms with Gasteiger partial charge in [-0.3, -0.25) is 0 Å². The molecule has 17 heavy (non-hydrogen) atoms. The maximum atomic E-state index is 13.1. The van der Waals surface area contributed by atoms with Gasteiger partial charge in [0.15, 0.2) is 0 Å². The Morgan fingerprint density at radius 3 is 2.71 bits per heavy atom. The first-order valence-corrected chi connectivity index (χ1v) is 6.01. The SMILES string of the molecule is COC1CCN(c2ccc(F)cc2CN)CC1. The molecule has 0 aliphatic carbocycles. The lowest BCUT2D eigenvalue weighted by atomic mass is 10.0. The van der Waals surface area contributed by atoms with Crippen LogP contribution >= 0.6 is 0 Å². The van der Waals surface area contributed by atoms with Crippen molar-refractivity contribution in [2.24, 2.45) is 5.73 Å². The summed E-state index contributed by atoms with van der Waals surface area (Å²) in [5, 5.41) is 0. The molecule has 1 saturated heterocycles. The molecule has 0 atom stereocenters. The molecule has 3 nitrogen and oxygen atoms in total. The van der Waals surface area contributed by atoms with E-state index in [0.29, 0.717) is 12.6 Å². The number of hydrogen-bond acceptors (Lipinski definition) is 3. The average molecular weight is 238 g/mol. The molecule has 1 aliphatic heterocycles. The van der Waals surface area contributed by atoms with Crippen molar-refractivity contribution < 1.29 is 9.13 Å². The number of ether oxygens (including phenoxy) is 1. The minimum atomic E-state index is -0.221. The van der Waals surface area contributed by atoms with Crippen molar-refractivity contribution in [2.75, 3.05) is 25.1 Å². The minimum absolute atomic E-state index is 0.221. The number of anilines is 1. The molecule has 94 valence electrons. The molecule has 0 radical (unpaired) electrons. The standard InChI is InChI=1S/C13H19FN2O/c1-17-12-4-6-16(7-5-12)13-3-2-11(14)8-10(13)9-15/h2-3,8,12H,4-7,9,15H2,1H3. The Morgan fingerprint density at radius 1 is 1.41 bits per heavy atom. The van der Waals surface area contributed by atoms with E-state index in [9.17, 15) is 4.39 Å². The summed E-state index contributed by atoms with van der Waals surface area (Å²) in [4.78, 5) is 2.26. The van der Waals surface area contributed by atoms with Crippen LogP contribution in [0.2, 0.25) is 0 Å². The highest BCUT2D eigenvalue weighted by Gasteiger charge is 2.20. The molecule has 4 heteroatoms. The smallest absolute Gasteiger partial charge is 0.123 e. The second kappa shape index (κ2) is 5.47. The van der Waals surface area contributed by atoms with Crippen LogP contribution in [0.4, 0.5) is 10.1 Å². The summed E-state index contributed by atoms with van der Waals surface area (Å²) < 4.78 is 18.5. The molecule has 1 aliphatic rings. The van der Waals surface area contributed by atoms with Crippen LogP contribution in [-0.4, -0.2) is 26.3 Å². The van der Waals surface area contributed by atoms with Gasteiger partial charge in [0.25, 0.3) is 0 Å². The minimum Gasteiger partial charge on any atom is -0.381 e. The first-order chi connectivity index (χ1) is 8.24. The molecule has 0 saturated carbocycles. The van der Waals surface area contributed by atoms with Crippen molar-refractivity contribution >= 4 is 5.69 Å². The van der Waals surface area contributed by atoms with E-state index in [4.69, 9.17) is 10.5 Å². The van der Waals surface area contributed by atoms with Gasteiger partial charge in [0, 0.05) is 32.4 Å². The van der Waals surface area contributed by atoms with E-state index in [2.05, 4.69) is 4.90 Å². The van der Waals surface area contributed by atoms with E-state index >= 15 is 0 Å². The Labute approximate surface area is 101 Å². The number of piperidine rings is 1. The highest BCUT2D eigenvalue weighted by atomic mass is 19.1. The van der Waals surface area contributed by atoms with E-state index < -0.39 is 0 Å². The van der Waals surface area contributed by atoms with Gasteiger partial charge in [0.2, 0.25) is 0 Å². The third-order valence-corrected chi connectivity index (χ3v) is 3.38.